The zero-order valence-corrected chi connectivity index (χ0v) is 12.8. The number of carbonyl (C=O) groups is 2. The SMILES string of the molecule is O=C(O)c1cc(Br)cc(C(=O)NCCc2ccccc2)c1. The Morgan fingerprint density at radius 2 is 1.71 bits per heavy atom. The summed E-state index contributed by atoms with van der Waals surface area (Å²) in [4.78, 5) is 23.0. The second-order valence-corrected chi connectivity index (χ2v) is 5.44. The van der Waals surface area contributed by atoms with Gasteiger partial charge in [-0.3, -0.25) is 4.79 Å². The molecular weight excluding hydrogens is 334 g/mol. The first-order valence-electron chi connectivity index (χ1n) is 6.42. The third kappa shape index (κ3) is 4.43. The second kappa shape index (κ2) is 7.04. The Bertz CT molecular complexity index is 656. The molecule has 0 spiro atoms. The predicted molar refractivity (Wildman–Crippen MR) is 83.6 cm³/mol. The number of halogens is 1. The van der Waals surface area contributed by atoms with Gasteiger partial charge in [-0.15, -0.1) is 0 Å². The van der Waals surface area contributed by atoms with E-state index in [9.17, 15) is 9.59 Å². The van der Waals surface area contributed by atoms with Crippen LogP contribution in [0, 0.1) is 0 Å². The number of aromatic carboxylic acids is 1. The van der Waals surface area contributed by atoms with E-state index in [1.54, 1.807) is 6.07 Å². The number of carboxylic acid groups (broad SMARTS) is 1. The van der Waals surface area contributed by atoms with Gasteiger partial charge in [0.1, 0.15) is 0 Å². The summed E-state index contributed by atoms with van der Waals surface area (Å²) in [7, 11) is 0. The van der Waals surface area contributed by atoms with Crippen molar-refractivity contribution in [2.75, 3.05) is 6.54 Å². The summed E-state index contributed by atoms with van der Waals surface area (Å²) in [6.45, 7) is 0.498. The van der Waals surface area contributed by atoms with Crippen LogP contribution in [-0.2, 0) is 6.42 Å². The van der Waals surface area contributed by atoms with Gasteiger partial charge in [0.05, 0.1) is 5.56 Å². The molecular formula is C16H14BrNO3. The summed E-state index contributed by atoms with van der Waals surface area (Å²) in [5.41, 5.74) is 1.55. The third-order valence-electron chi connectivity index (χ3n) is 2.95. The van der Waals surface area contributed by atoms with Crippen LogP contribution in [0.5, 0.6) is 0 Å². The lowest BCUT2D eigenvalue weighted by Crippen LogP contribution is -2.26. The van der Waals surface area contributed by atoms with Gasteiger partial charge < -0.3 is 10.4 Å². The molecule has 2 rings (SSSR count). The van der Waals surface area contributed by atoms with Crippen LogP contribution in [-0.4, -0.2) is 23.5 Å². The molecule has 0 radical (unpaired) electrons. The van der Waals surface area contributed by atoms with Gasteiger partial charge in [-0.2, -0.15) is 0 Å². The van der Waals surface area contributed by atoms with E-state index in [0.717, 1.165) is 12.0 Å². The van der Waals surface area contributed by atoms with E-state index in [2.05, 4.69) is 21.2 Å². The largest absolute Gasteiger partial charge is 0.478 e. The Kier molecular flexibility index (Phi) is 5.11. The first-order chi connectivity index (χ1) is 10.1. The number of carboxylic acids is 1. The first-order valence-corrected chi connectivity index (χ1v) is 7.21. The maximum atomic E-state index is 12.0. The highest BCUT2D eigenvalue weighted by Crippen LogP contribution is 2.16. The Labute approximate surface area is 130 Å². The first kappa shape index (κ1) is 15.3. The summed E-state index contributed by atoms with van der Waals surface area (Å²) < 4.78 is 0.565. The van der Waals surface area contributed by atoms with Gasteiger partial charge in [0.25, 0.3) is 5.91 Å². The molecule has 0 aliphatic rings. The van der Waals surface area contributed by atoms with Crippen molar-refractivity contribution in [1.29, 1.82) is 0 Å². The van der Waals surface area contributed by atoms with Crippen molar-refractivity contribution in [3.8, 4) is 0 Å². The van der Waals surface area contributed by atoms with Crippen LogP contribution in [0.1, 0.15) is 26.3 Å². The zero-order valence-electron chi connectivity index (χ0n) is 11.2. The Balaban J connectivity index is 1.99. The average molecular weight is 348 g/mol. The fourth-order valence-electron chi connectivity index (χ4n) is 1.91. The molecule has 0 unspecified atom stereocenters. The molecule has 21 heavy (non-hydrogen) atoms. The van der Waals surface area contributed by atoms with E-state index in [1.807, 2.05) is 30.3 Å². The Morgan fingerprint density at radius 1 is 1.05 bits per heavy atom. The molecule has 4 nitrogen and oxygen atoms in total. The van der Waals surface area contributed by atoms with E-state index in [1.165, 1.54) is 12.1 Å². The summed E-state index contributed by atoms with van der Waals surface area (Å²) in [6.07, 6.45) is 0.729. The normalized spacial score (nSPS) is 10.1. The van der Waals surface area contributed by atoms with Crippen LogP contribution in [0.4, 0.5) is 0 Å². The number of carbonyl (C=O) groups excluding carboxylic acids is 1. The summed E-state index contributed by atoms with van der Waals surface area (Å²) in [5, 5.41) is 11.8. The predicted octanol–water partition coefficient (Wildman–Crippen LogP) is 3.12. The van der Waals surface area contributed by atoms with Gasteiger partial charge in [0.2, 0.25) is 0 Å². The molecule has 1 amide bonds. The van der Waals surface area contributed by atoms with Gasteiger partial charge >= 0.3 is 5.97 Å². The quantitative estimate of drug-likeness (QED) is 0.873. The zero-order chi connectivity index (χ0) is 15.2. The highest BCUT2D eigenvalue weighted by atomic mass is 79.9. The minimum Gasteiger partial charge on any atom is -0.478 e. The van der Waals surface area contributed by atoms with E-state index in [0.29, 0.717) is 16.6 Å². The Morgan fingerprint density at radius 3 is 2.38 bits per heavy atom. The van der Waals surface area contributed by atoms with Crippen LogP contribution < -0.4 is 5.32 Å². The number of nitrogens with one attached hydrogen (secondary N) is 1. The van der Waals surface area contributed by atoms with Crippen molar-refractivity contribution in [3.05, 3.63) is 69.7 Å². The third-order valence-corrected chi connectivity index (χ3v) is 3.41. The average Bonchev–Trinajstić information content (AvgIpc) is 2.47. The highest BCUT2D eigenvalue weighted by Gasteiger charge is 2.11. The summed E-state index contributed by atoms with van der Waals surface area (Å²) >= 11 is 3.21. The minimum atomic E-state index is -1.06. The number of hydrogen-bond donors (Lipinski definition) is 2. The molecule has 108 valence electrons. The van der Waals surface area contributed by atoms with Crippen molar-refractivity contribution in [2.24, 2.45) is 0 Å². The van der Waals surface area contributed by atoms with Gasteiger partial charge in [-0.05, 0) is 30.2 Å². The maximum absolute atomic E-state index is 12.0. The van der Waals surface area contributed by atoms with Gasteiger partial charge in [0.15, 0.2) is 0 Å². The number of amides is 1. The number of benzene rings is 2. The lowest BCUT2D eigenvalue weighted by molar-refractivity contribution is 0.0697. The molecule has 2 N–H and O–H groups in total. The number of rotatable bonds is 5. The molecule has 0 saturated heterocycles. The molecule has 0 aliphatic heterocycles. The number of hydrogen-bond acceptors (Lipinski definition) is 2. The van der Waals surface area contributed by atoms with Crippen LogP contribution in [0.3, 0.4) is 0 Å². The van der Waals surface area contributed by atoms with Gasteiger partial charge in [-0.25, -0.2) is 4.79 Å². The topological polar surface area (TPSA) is 66.4 Å². The lowest BCUT2D eigenvalue weighted by Gasteiger charge is -2.07. The monoisotopic (exact) mass is 347 g/mol. The van der Waals surface area contributed by atoms with Crippen LogP contribution in [0.15, 0.2) is 53.0 Å². The van der Waals surface area contributed by atoms with Crippen LogP contribution >= 0.6 is 15.9 Å². The van der Waals surface area contributed by atoms with Crippen LogP contribution in [0.2, 0.25) is 0 Å². The highest BCUT2D eigenvalue weighted by molar-refractivity contribution is 9.10. The van der Waals surface area contributed by atoms with Crippen molar-refractivity contribution in [2.45, 2.75) is 6.42 Å². The smallest absolute Gasteiger partial charge is 0.335 e. The fourth-order valence-corrected chi connectivity index (χ4v) is 2.40. The van der Waals surface area contributed by atoms with Crippen molar-refractivity contribution >= 4 is 27.8 Å². The summed E-state index contributed by atoms with van der Waals surface area (Å²) in [6, 6.07) is 14.3. The molecule has 2 aromatic carbocycles. The van der Waals surface area contributed by atoms with Gasteiger partial charge in [0, 0.05) is 16.6 Å². The van der Waals surface area contributed by atoms with Crippen molar-refractivity contribution < 1.29 is 14.7 Å². The fraction of sp³-hybridized carbons (Fsp3) is 0.125. The molecule has 0 heterocycles. The Hall–Kier alpha value is -2.14. The summed E-state index contributed by atoms with van der Waals surface area (Å²) in [5.74, 6) is -1.34. The molecule has 0 fully saturated rings. The lowest BCUT2D eigenvalue weighted by atomic mass is 10.1. The van der Waals surface area contributed by atoms with E-state index in [-0.39, 0.29) is 11.5 Å². The van der Waals surface area contributed by atoms with E-state index < -0.39 is 5.97 Å². The molecule has 0 aliphatic carbocycles. The van der Waals surface area contributed by atoms with Gasteiger partial charge in [-0.1, -0.05) is 46.3 Å². The van der Waals surface area contributed by atoms with E-state index >= 15 is 0 Å². The second-order valence-electron chi connectivity index (χ2n) is 4.53. The molecule has 0 bridgehead atoms. The maximum Gasteiger partial charge on any atom is 0.335 e. The standard InChI is InChI=1S/C16H14BrNO3/c17-14-9-12(8-13(10-14)16(20)21)15(19)18-7-6-11-4-2-1-3-5-11/h1-5,8-10H,6-7H2,(H,18,19)(H,20,21). The minimum absolute atomic E-state index is 0.0811. The van der Waals surface area contributed by atoms with E-state index in [4.69, 9.17) is 5.11 Å². The molecule has 0 aromatic heterocycles. The molecule has 2 aromatic rings. The van der Waals surface area contributed by atoms with Crippen molar-refractivity contribution in [1.82, 2.24) is 5.32 Å². The van der Waals surface area contributed by atoms with Crippen LogP contribution in [0.25, 0.3) is 0 Å². The molecule has 5 heteroatoms. The molecule has 0 atom stereocenters. The van der Waals surface area contributed by atoms with Crippen molar-refractivity contribution in [3.63, 3.8) is 0 Å². The molecule has 0 saturated carbocycles.